The molecule has 10 nitrogen and oxygen atoms in total. The molecule has 6 atom stereocenters. The first kappa shape index (κ1) is 35.9. The van der Waals surface area contributed by atoms with Crippen LogP contribution in [0.5, 0.6) is 0 Å². The Kier molecular flexibility index (Phi) is 10.4. The molecule has 2 amide bonds. The van der Waals surface area contributed by atoms with Gasteiger partial charge in [0.1, 0.15) is 17.7 Å². The van der Waals surface area contributed by atoms with E-state index < -0.39 is 29.4 Å². The second-order valence-electron chi connectivity index (χ2n) is 16.6. The lowest BCUT2D eigenvalue weighted by atomic mass is 9.46. The maximum atomic E-state index is 13.3. The molecule has 0 saturated heterocycles. The number of amides is 2. The standard InChI is InChI=1S/C36H57N3O7/c1-23(27-13-14-28-26-12-11-24-21-25(40)15-17-35(24,8)29(26)16-18-36(27,28)9)37-46-32(43)39(22-30(41)44-33(2,3)4)20-19-38(10)31(42)45-34(5,6)7/h21,26-29H,11-20,22H2,1-10H3/b37-23+/t26-,27+,28-,29-,35-,36+/m0/s1. The van der Waals surface area contributed by atoms with E-state index >= 15 is 0 Å². The van der Waals surface area contributed by atoms with E-state index in [1.807, 2.05) is 13.0 Å². The average Bonchev–Trinajstić information content (AvgIpc) is 3.29. The van der Waals surface area contributed by atoms with Crippen LogP contribution in [-0.2, 0) is 23.9 Å². The topological polar surface area (TPSA) is 115 Å². The number of ketones is 1. The number of hydrogen-bond acceptors (Lipinski definition) is 8. The summed E-state index contributed by atoms with van der Waals surface area (Å²) < 4.78 is 10.9. The molecular weight excluding hydrogens is 586 g/mol. The van der Waals surface area contributed by atoms with Crippen LogP contribution in [0.4, 0.5) is 9.59 Å². The third-order valence-corrected chi connectivity index (χ3v) is 11.1. The van der Waals surface area contributed by atoms with Gasteiger partial charge in [0.25, 0.3) is 0 Å². The first-order valence-corrected chi connectivity index (χ1v) is 17.1. The molecule has 0 aromatic carbocycles. The van der Waals surface area contributed by atoms with Crippen LogP contribution in [-0.4, -0.2) is 77.3 Å². The van der Waals surface area contributed by atoms with Crippen molar-refractivity contribution in [2.75, 3.05) is 26.7 Å². The summed E-state index contributed by atoms with van der Waals surface area (Å²) in [5.41, 5.74) is 0.989. The van der Waals surface area contributed by atoms with Crippen molar-refractivity contribution < 1.29 is 33.5 Å². The van der Waals surface area contributed by atoms with Gasteiger partial charge >= 0.3 is 18.2 Å². The van der Waals surface area contributed by atoms with Crippen molar-refractivity contribution in [2.45, 2.75) is 125 Å². The predicted octanol–water partition coefficient (Wildman–Crippen LogP) is 7.16. The van der Waals surface area contributed by atoms with Gasteiger partial charge in [-0.1, -0.05) is 24.6 Å². The number of esters is 1. The number of hydrogen-bond donors (Lipinski definition) is 0. The molecule has 10 heteroatoms. The quantitative estimate of drug-likeness (QED) is 0.125. The molecular formula is C36H57N3O7. The highest BCUT2D eigenvalue weighted by molar-refractivity contribution is 5.91. The van der Waals surface area contributed by atoms with Gasteiger partial charge in [0.05, 0.1) is 5.71 Å². The van der Waals surface area contributed by atoms with Crippen LogP contribution < -0.4 is 0 Å². The van der Waals surface area contributed by atoms with Crippen LogP contribution in [0.2, 0.25) is 0 Å². The van der Waals surface area contributed by atoms with Gasteiger partial charge in [0.15, 0.2) is 5.78 Å². The Morgan fingerprint density at radius 3 is 2.22 bits per heavy atom. The van der Waals surface area contributed by atoms with E-state index in [0.29, 0.717) is 24.2 Å². The summed E-state index contributed by atoms with van der Waals surface area (Å²) in [5.74, 6) is 1.71. The van der Waals surface area contributed by atoms with Crippen molar-refractivity contribution in [3.8, 4) is 0 Å². The lowest BCUT2D eigenvalue weighted by Gasteiger charge is -2.58. The minimum atomic E-state index is -0.766. The molecule has 3 fully saturated rings. The molecule has 3 saturated carbocycles. The Balaban J connectivity index is 1.43. The number of nitrogens with zero attached hydrogens (tertiary/aromatic N) is 3. The minimum absolute atomic E-state index is 0.0372. The van der Waals surface area contributed by atoms with Gasteiger partial charge in [-0.05, 0) is 128 Å². The number of rotatable bonds is 7. The second kappa shape index (κ2) is 13.3. The Bertz CT molecular complexity index is 1260. The zero-order valence-electron chi connectivity index (χ0n) is 29.9. The van der Waals surface area contributed by atoms with Gasteiger partial charge in [0.2, 0.25) is 0 Å². The highest BCUT2D eigenvalue weighted by atomic mass is 16.7. The van der Waals surface area contributed by atoms with Crippen LogP contribution >= 0.6 is 0 Å². The SMILES string of the molecule is C/C(=N\OC(=O)N(CCN(C)C(=O)OC(C)(C)C)CC(=O)OC(C)(C)C)[C@H]1CC[C@H]2[C@@H]3CCC4=CC(=O)CC[C@]4(C)[C@H]3CC[C@]12C. The molecule has 0 spiro atoms. The number of fused-ring (bicyclic) bond motifs is 5. The van der Waals surface area contributed by atoms with Crippen LogP contribution in [0.15, 0.2) is 16.8 Å². The van der Waals surface area contributed by atoms with E-state index in [0.717, 1.165) is 50.7 Å². The zero-order chi connectivity index (χ0) is 34.2. The molecule has 4 aliphatic rings. The van der Waals surface area contributed by atoms with Gasteiger partial charge in [-0.25, -0.2) is 9.59 Å². The summed E-state index contributed by atoms with van der Waals surface area (Å²) in [4.78, 5) is 58.8. The van der Waals surface area contributed by atoms with Crippen LogP contribution in [0.1, 0.15) is 114 Å². The fraction of sp³-hybridized carbons (Fsp3) is 0.806. The number of allylic oxidation sites excluding steroid dienone is 1. The number of likely N-dealkylation sites (N-methyl/N-ethyl adjacent to an activating group) is 1. The van der Waals surface area contributed by atoms with Gasteiger partial charge in [-0.15, -0.1) is 0 Å². The predicted molar refractivity (Wildman–Crippen MR) is 176 cm³/mol. The van der Waals surface area contributed by atoms with Gasteiger partial charge in [-0.3, -0.25) is 19.3 Å². The van der Waals surface area contributed by atoms with E-state index in [1.165, 1.54) is 15.4 Å². The maximum Gasteiger partial charge on any atom is 0.436 e. The number of carbonyl (C=O) groups is 4. The molecule has 46 heavy (non-hydrogen) atoms. The van der Waals surface area contributed by atoms with Crippen molar-refractivity contribution in [3.63, 3.8) is 0 Å². The lowest BCUT2D eigenvalue weighted by molar-refractivity contribution is -0.155. The molecule has 4 rings (SSSR count). The smallest absolute Gasteiger partial charge is 0.436 e. The van der Waals surface area contributed by atoms with Gasteiger partial charge < -0.3 is 14.4 Å². The molecule has 0 aromatic rings. The lowest BCUT2D eigenvalue weighted by Crippen LogP contribution is -2.51. The van der Waals surface area contributed by atoms with Crippen LogP contribution in [0, 0.1) is 34.5 Å². The molecule has 0 N–H and O–H groups in total. The number of ether oxygens (including phenoxy) is 2. The third-order valence-electron chi connectivity index (χ3n) is 11.1. The van der Waals surface area contributed by atoms with Crippen molar-refractivity contribution in [1.82, 2.24) is 9.80 Å². The average molecular weight is 644 g/mol. The Labute approximate surface area is 275 Å². The van der Waals surface area contributed by atoms with Gasteiger partial charge in [-0.2, -0.15) is 0 Å². The number of carbonyl (C=O) groups excluding carboxylic acids is 4. The highest BCUT2D eigenvalue weighted by Gasteiger charge is 2.59. The Hall–Kier alpha value is -2.91. The van der Waals surface area contributed by atoms with Crippen LogP contribution in [0.3, 0.4) is 0 Å². The summed E-state index contributed by atoms with van der Waals surface area (Å²) in [5, 5.41) is 4.37. The monoisotopic (exact) mass is 643 g/mol. The third kappa shape index (κ3) is 7.96. The van der Waals surface area contributed by atoms with Gasteiger partial charge in [0, 0.05) is 32.5 Å². The Morgan fingerprint density at radius 1 is 0.891 bits per heavy atom. The van der Waals surface area contributed by atoms with Crippen LogP contribution in [0.25, 0.3) is 0 Å². The van der Waals surface area contributed by atoms with E-state index in [2.05, 4.69) is 19.0 Å². The van der Waals surface area contributed by atoms with Crippen molar-refractivity contribution in [3.05, 3.63) is 11.6 Å². The summed E-state index contributed by atoms with van der Waals surface area (Å²) in [6.07, 6.45) is 8.79. The normalized spacial score (nSPS) is 31.1. The van der Waals surface area contributed by atoms with Crippen molar-refractivity contribution >= 4 is 29.7 Å². The molecule has 0 radical (unpaired) electrons. The molecule has 4 aliphatic carbocycles. The van der Waals surface area contributed by atoms with E-state index in [4.69, 9.17) is 14.3 Å². The van der Waals surface area contributed by atoms with E-state index in [-0.39, 0.29) is 42.2 Å². The second-order valence-corrected chi connectivity index (χ2v) is 16.6. The molecule has 258 valence electrons. The molecule has 0 aliphatic heterocycles. The first-order chi connectivity index (χ1) is 21.2. The molecule has 0 heterocycles. The molecule has 0 aromatic heterocycles. The summed E-state index contributed by atoms with van der Waals surface area (Å²) in [7, 11) is 1.58. The largest absolute Gasteiger partial charge is 0.459 e. The summed E-state index contributed by atoms with van der Waals surface area (Å²) in [6, 6.07) is 0. The molecule has 0 bridgehead atoms. The summed E-state index contributed by atoms with van der Waals surface area (Å²) in [6.45, 7) is 17.2. The van der Waals surface area contributed by atoms with Crippen molar-refractivity contribution in [2.24, 2.45) is 39.7 Å². The highest BCUT2D eigenvalue weighted by Crippen LogP contribution is 2.66. The van der Waals surface area contributed by atoms with E-state index in [9.17, 15) is 19.2 Å². The minimum Gasteiger partial charge on any atom is -0.459 e. The fourth-order valence-corrected chi connectivity index (χ4v) is 8.94. The van der Waals surface area contributed by atoms with E-state index in [1.54, 1.807) is 48.6 Å². The Morgan fingerprint density at radius 2 is 1.57 bits per heavy atom. The molecule has 0 unspecified atom stereocenters. The maximum absolute atomic E-state index is 13.3. The zero-order valence-corrected chi connectivity index (χ0v) is 29.9. The first-order valence-electron chi connectivity index (χ1n) is 17.1. The summed E-state index contributed by atoms with van der Waals surface area (Å²) >= 11 is 0. The van der Waals surface area contributed by atoms with Crippen molar-refractivity contribution in [1.29, 1.82) is 0 Å². The number of oxime groups is 1. The fourth-order valence-electron chi connectivity index (χ4n) is 8.94.